The van der Waals surface area contributed by atoms with Gasteiger partial charge in [0.05, 0.1) is 0 Å². The number of hydrogen-bond acceptors (Lipinski definition) is 4. The second kappa shape index (κ2) is 4.37. The summed E-state index contributed by atoms with van der Waals surface area (Å²) >= 11 is 1.65. The summed E-state index contributed by atoms with van der Waals surface area (Å²) in [6, 6.07) is 0. The standard InChI is InChI=1S/C10H13N3S/c1-8-7-12-10(14-8)13-9-5-3-2-4-6-11-9/h3,5,7H,2,4,6H2,1H3,(H,11,12,13). The van der Waals surface area contributed by atoms with Gasteiger partial charge in [0.2, 0.25) is 0 Å². The minimum absolute atomic E-state index is 0.902. The van der Waals surface area contributed by atoms with Crippen LogP contribution in [0.15, 0.2) is 23.3 Å². The number of allylic oxidation sites excluding steroid dienone is 1. The predicted octanol–water partition coefficient (Wildman–Crippen LogP) is 2.61. The highest BCUT2D eigenvalue weighted by Gasteiger charge is 2.01. The van der Waals surface area contributed by atoms with Crippen molar-refractivity contribution in [1.29, 1.82) is 0 Å². The predicted molar refractivity (Wildman–Crippen MR) is 61.1 cm³/mol. The first-order chi connectivity index (χ1) is 6.84. The van der Waals surface area contributed by atoms with E-state index in [0.29, 0.717) is 0 Å². The molecule has 1 aromatic heterocycles. The van der Waals surface area contributed by atoms with Crippen molar-refractivity contribution >= 4 is 22.3 Å². The van der Waals surface area contributed by atoms with Crippen molar-refractivity contribution in [3.05, 3.63) is 23.2 Å². The van der Waals surface area contributed by atoms with Crippen molar-refractivity contribution < 1.29 is 0 Å². The van der Waals surface area contributed by atoms with E-state index in [0.717, 1.165) is 30.4 Å². The highest BCUT2D eigenvalue weighted by molar-refractivity contribution is 7.15. The van der Waals surface area contributed by atoms with Gasteiger partial charge in [-0.15, -0.1) is 11.3 Å². The molecule has 0 atom stereocenters. The first-order valence-corrected chi connectivity index (χ1v) is 5.57. The maximum absolute atomic E-state index is 4.41. The fraction of sp³-hybridized carbons (Fsp3) is 0.400. The van der Waals surface area contributed by atoms with Crippen LogP contribution in [0.25, 0.3) is 0 Å². The third-order valence-corrected chi connectivity index (χ3v) is 2.77. The van der Waals surface area contributed by atoms with Crippen LogP contribution in [-0.2, 0) is 0 Å². The normalized spacial score (nSPS) is 16.2. The van der Waals surface area contributed by atoms with Crippen molar-refractivity contribution in [2.75, 3.05) is 11.9 Å². The van der Waals surface area contributed by atoms with Crippen LogP contribution < -0.4 is 5.32 Å². The van der Waals surface area contributed by atoms with Gasteiger partial charge in [0.25, 0.3) is 0 Å². The number of anilines is 1. The molecule has 0 aromatic carbocycles. The Kier molecular flexibility index (Phi) is 2.93. The van der Waals surface area contributed by atoms with E-state index in [1.807, 2.05) is 19.2 Å². The minimum atomic E-state index is 0.902. The third-order valence-electron chi connectivity index (χ3n) is 1.94. The topological polar surface area (TPSA) is 37.3 Å². The molecule has 1 N–H and O–H groups in total. The van der Waals surface area contributed by atoms with Gasteiger partial charge in [-0.25, -0.2) is 4.98 Å². The lowest BCUT2D eigenvalue weighted by molar-refractivity contribution is 0.865. The lowest BCUT2D eigenvalue weighted by atomic mass is 10.3. The molecule has 0 amide bonds. The lowest BCUT2D eigenvalue weighted by Gasteiger charge is -2.00. The second-order valence-corrected chi connectivity index (χ2v) is 4.45. The molecule has 0 aliphatic carbocycles. The lowest BCUT2D eigenvalue weighted by Crippen LogP contribution is -2.08. The minimum Gasteiger partial charge on any atom is -0.317 e. The quantitative estimate of drug-likeness (QED) is 0.768. The van der Waals surface area contributed by atoms with E-state index in [2.05, 4.69) is 21.4 Å². The van der Waals surface area contributed by atoms with Gasteiger partial charge in [-0.3, -0.25) is 4.99 Å². The Balaban J connectivity index is 2.06. The number of nitrogens with one attached hydrogen (secondary N) is 1. The molecule has 0 radical (unpaired) electrons. The Bertz CT molecular complexity index is 365. The largest absolute Gasteiger partial charge is 0.317 e. The molecule has 0 saturated heterocycles. The van der Waals surface area contributed by atoms with E-state index < -0.39 is 0 Å². The summed E-state index contributed by atoms with van der Waals surface area (Å²) in [5.74, 6) is 0.928. The number of aromatic nitrogens is 1. The fourth-order valence-corrected chi connectivity index (χ4v) is 1.93. The number of aliphatic imine (C=N–C) groups is 1. The Hall–Kier alpha value is -1.16. The summed E-state index contributed by atoms with van der Waals surface area (Å²) in [4.78, 5) is 9.86. The fourth-order valence-electron chi connectivity index (χ4n) is 1.26. The van der Waals surface area contributed by atoms with Crippen LogP contribution in [0.5, 0.6) is 0 Å². The Morgan fingerprint density at radius 3 is 3.21 bits per heavy atom. The van der Waals surface area contributed by atoms with Crippen molar-refractivity contribution in [3.8, 4) is 0 Å². The second-order valence-electron chi connectivity index (χ2n) is 3.21. The number of rotatable bonds is 1. The maximum Gasteiger partial charge on any atom is 0.188 e. The van der Waals surface area contributed by atoms with E-state index in [4.69, 9.17) is 0 Å². The molecule has 74 valence electrons. The molecule has 4 heteroatoms. The number of hydrogen-bond donors (Lipinski definition) is 1. The maximum atomic E-state index is 4.41. The summed E-state index contributed by atoms with van der Waals surface area (Å²) in [7, 11) is 0. The molecule has 0 saturated carbocycles. The molecular formula is C10H13N3S. The Labute approximate surface area is 87.6 Å². The molecule has 2 heterocycles. The molecule has 1 aliphatic heterocycles. The first-order valence-electron chi connectivity index (χ1n) is 4.75. The van der Waals surface area contributed by atoms with Gasteiger partial charge in [0, 0.05) is 17.6 Å². The molecule has 2 rings (SSSR count). The van der Waals surface area contributed by atoms with Gasteiger partial charge in [0.15, 0.2) is 5.13 Å². The van der Waals surface area contributed by atoms with Crippen molar-refractivity contribution in [1.82, 2.24) is 4.98 Å². The summed E-state index contributed by atoms with van der Waals surface area (Å²) in [6.07, 6.45) is 8.31. The highest BCUT2D eigenvalue weighted by atomic mass is 32.1. The van der Waals surface area contributed by atoms with Crippen molar-refractivity contribution in [2.45, 2.75) is 19.8 Å². The van der Waals surface area contributed by atoms with Crippen LogP contribution in [0.1, 0.15) is 17.7 Å². The first kappa shape index (κ1) is 9.40. The zero-order valence-electron chi connectivity index (χ0n) is 8.16. The summed E-state index contributed by atoms with van der Waals surface area (Å²) in [6.45, 7) is 2.95. The smallest absolute Gasteiger partial charge is 0.188 e. The van der Waals surface area contributed by atoms with Gasteiger partial charge < -0.3 is 5.32 Å². The SMILES string of the molecule is Cc1cnc(NC2=NCCCC=C2)s1. The molecule has 0 fully saturated rings. The summed E-state index contributed by atoms with van der Waals surface area (Å²) in [5.41, 5.74) is 0. The summed E-state index contributed by atoms with van der Waals surface area (Å²) in [5, 5.41) is 4.14. The van der Waals surface area contributed by atoms with Crippen LogP contribution >= 0.6 is 11.3 Å². The van der Waals surface area contributed by atoms with Gasteiger partial charge in [-0.1, -0.05) is 6.08 Å². The molecule has 3 nitrogen and oxygen atoms in total. The molecule has 1 aliphatic rings. The van der Waals surface area contributed by atoms with E-state index in [1.165, 1.54) is 4.88 Å². The molecule has 14 heavy (non-hydrogen) atoms. The van der Waals surface area contributed by atoms with Crippen LogP contribution in [0, 0.1) is 6.92 Å². The third kappa shape index (κ3) is 2.42. The molecule has 0 bridgehead atoms. The number of aryl methyl sites for hydroxylation is 1. The van der Waals surface area contributed by atoms with E-state index in [-0.39, 0.29) is 0 Å². The van der Waals surface area contributed by atoms with Crippen LogP contribution in [-0.4, -0.2) is 17.4 Å². The zero-order valence-corrected chi connectivity index (χ0v) is 8.97. The van der Waals surface area contributed by atoms with Gasteiger partial charge in [0.1, 0.15) is 5.84 Å². The van der Waals surface area contributed by atoms with Crippen molar-refractivity contribution in [3.63, 3.8) is 0 Å². The van der Waals surface area contributed by atoms with Gasteiger partial charge in [-0.05, 0) is 25.8 Å². The van der Waals surface area contributed by atoms with Crippen LogP contribution in [0.4, 0.5) is 5.13 Å². The highest BCUT2D eigenvalue weighted by Crippen LogP contribution is 2.16. The molecule has 0 unspecified atom stereocenters. The average Bonchev–Trinajstić information content (AvgIpc) is 2.43. The average molecular weight is 207 g/mol. The van der Waals surface area contributed by atoms with Crippen LogP contribution in [0.2, 0.25) is 0 Å². The van der Waals surface area contributed by atoms with E-state index >= 15 is 0 Å². The van der Waals surface area contributed by atoms with Gasteiger partial charge in [-0.2, -0.15) is 0 Å². The zero-order chi connectivity index (χ0) is 9.80. The number of nitrogens with zero attached hydrogens (tertiary/aromatic N) is 2. The summed E-state index contributed by atoms with van der Waals surface area (Å²) < 4.78 is 0. The number of thiazole rings is 1. The Morgan fingerprint density at radius 1 is 1.50 bits per heavy atom. The molecule has 0 spiro atoms. The van der Waals surface area contributed by atoms with Crippen LogP contribution in [0.3, 0.4) is 0 Å². The number of amidine groups is 1. The molecular weight excluding hydrogens is 194 g/mol. The van der Waals surface area contributed by atoms with E-state index in [1.54, 1.807) is 11.3 Å². The van der Waals surface area contributed by atoms with Crippen molar-refractivity contribution in [2.24, 2.45) is 4.99 Å². The van der Waals surface area contributed by atoms with E-state index in [9.17, 15) is 0 Å². The Morgan fingerprint density at radius 2 is 2.43 bits per heavy atom. The monoisotopic (exact) mass is 207 g/mol. The molecule has 1 aromatic rings. The van der Waals surface area contributed by atoms with Gasteiger partial charge >= 0.3 is 0 Å².